The lowest BCUT2D eigenvalue weighted by atomic mass is 9.88. The maximum Gasteiger partial charge on any atom is 0.327 e. The number of hydrogen-bond donors (Lipinski definition) is 7. The molecule has 180 valence electrons. The Morgan fingerprint density at radius 1 is 0.844 bits per heavy atom. The summed E-state index contributed by atoms with van der Waals surface area (Å²) in [4.78, 5) is 58.4. The van der Waals surface area contributed by atoms with E-state index in [1.54, 1.807) is 0 Å². The molecule has 0 saturated carbocycles. The second-order valence-corrected chi connectivity index (χ2v) is 5.76. The zero-order chi connectivity index (χ0) is 25.7. The molecule has 0 aliphatic carbocycles. The minimum atomic E-state index is -0.981. The summed E-state index contributed by atoms with van der Waals surface area (Å²) in [5.41, 5.74) is -0.667. The van der Waals surface area contributed by atoms with Gasteiger partial charge in [-0.1, -0.05) is 13.5 Å². The van der Waals surface area contributed by atoms with E-state index in [9.17, 15) is 24.0 Å². The van der Waals surface area contributed by atoms with Crippen LogP contribution >= 0.6 is 0 Å². The number of carbonyl (C=O) groups is 6. The molecule has 0 saturated heterocycles. The van der Waals surface area contributed by atoms with Crippen LogP contribution in [0.1, 0.15) is 20.3 Å². The maximum absolute atomic E-state index is 10.0. The predicted octanol–water partition coefficient (Wildman–Crippen LogP) is -1.89. The number of carboxylic acids is 2. The average Bonchev–Trinajstić information content (AvgIpc) is 3.31. The fourth-order valence-electron chi connectivity index (χ4n) is 1.20. The number of aliphatic hydroxyl groups is 3. The standard InChI is InChI=1S/C6H14O3.2C4H3NO2.C3H4O2.C2H4O2/c1-2-6(3-7,4-8)5-9;2*6-3-1-2-4(7)5-3;1-2-3(4)5;1-2(3)4/h7-9H,2-5H2,1H3;2*1-2H,(H,5,6,7);2H,1H2,(H,4,5);1H3,(H,3,4). The molecule has 2 heterocycles. The van der Waals surface area contributed by atoms with Crippen molar-refractivity contribution in [2.75, 3.05) is 19.8 Å². The highest BCUT2D eigenvalue weighted by molar-refractivity contribution is 6.13. The molecule has 0 spiro atoms. The van der Waals surface area contributed by atoms with Gasteiger partial charge in [0, 0.05) is 42.7 Å². The zero-order valence-corrected chi connectivity index (χ0v) is 17.6. The van der Waals surface area contributed by atoms with Crippen LogP contribution in [-0.4, -0.2) is 80.9 Å². The van der Waals surface area contributed by atoms with Gasteiger partial charge >= 0.3 is 5.97 Å². The van der Waals surface area contributed by atoms with Gasteiger partial charge in [-0.2, -0.15) is 0 Å². The number of carbonyl (C=O) groups excluding carboxylic acids is 4. The van der Waals surface area contributed by atoms with Crippen molar-refractivity contribution in [2.24, 2.45) is 5.41 Å². The number of imide groups is 2. The van der Waals surface area contributed by atoms with Crippen LogP contribution in [0.3, 0.4) is 0 Å². The monoisotopic (exact) mass is 460 g/mol. The lowest BCUT2D eigenvalue weighted by Crippen LogP contribution is -2.32. The van der Waals surface area contributed by atoms with Crippen molar-refractivity contribution in [3.8, 4) is 0 Å². The van der Waals surface area contributed by atoms with E-state index in [-0.39, 0.29) is 43.4 Å². The molecule has 0 aromatic heterocycles. The van der Waals surface area contributed by atoms with Gasteiger partial charge in [-0.05, 0) is 6.42 Å². The van der Waals surface area contributed by atoms with E-state index in [0.29, 0.717) is 6.42 Å². The van der Waals surface area contributed by atoms with E-state index in [2.05, 4.69) is 6.58 Å². The molecule has 0 unspecified atom stereocenters. The second kappa shape index (κ2) is 19.3. The molecule has 2 aliphatic heterocycles. The Morgan fingerprint density at radius 2 is 1.06 bits per heavy atom. The Labute approximate surface area is 183 Å². The molecule has 7 N–H and O–H groups in total. The SMILES string of the molecule is C=CC(=O)O.CC(=O)O.CCC(CO)(CO)CO.O=C1C=CC(=O)N1.O=C1C=CC(=O)N1. The number of rotatable bonds is 5. The smallest absolute Gasteiger partial charge is 0.327 e. The molecule has 0 aromatic rings. The summed E-state index contributed by atoms with van der Waals surface area (Å²) < 4.78 is 0. The summed E-state index contributed by atoms with van der Waals surface area (Å²) in [6.45, 7) is 5.40. The van der Waals surface area contributed by atoms with Crippen molar-refractivity contribution in [1.29, 1.82) is 0 Å². The number of hydrogen-bond acceptors (Lipinski definition) is 9. The summed E-state index contributed by atoms with van der Waals surface area (Å²) in [7, 11) is 0. The van der Waals surface area contributed by atoms with Crippen LogP contribution in [0.15, 0.2) is 37.0 Å². The quantitative estimate of drug-likeness (QED) is 0.177. The van der Waals surface area contributed by atoms with E-state index >= 15 is 0 Å². The van der Waals surface area contributed by atoms with Crippen LogP contribution in [0.5, 0.6) is 0 Å². The van der Waals surface area contributed by atoms with Gasteiger partial charge in [-0.15, -0.1) is 0 Å². The molecule has 0 fully saturated rings. The number of nitrogens with one attached hydrogen (secondary N) is 2. The lowest BCUT2D eigenvalue weighted by molar-refractivity contribution is -0.134. The van der Waals surface area contributed by atoms with Gasteiger partial charge in [0.2, 0.25) is 0 Å². The van der Waals surface area contributed by atoms with Crippen molar-refractivity contribution in [1.82, 2.24) is 10.6 Å². The molecular formula is C19H28N2O11. The van der Waals surface area contributed by atoms with E-state index in [1.165, 1.54) is 24.3 Å². The average molecular weight is 460 g/mol. The molecule has 0 radical (unpaired) electrons. The highest BCUT2D eigenvalue weighted by Crippen LogP contribution is 2.18. The van der Waals surface area contributed by atoms with Gasteiger partial charge < -0.3 is 25.5 Å². The Hall–Kier alpha value is -3.68. The first-order valence-corrected chi connectivity index (χ1v) is 8.76. The van der Waals surface area contributed by atoms with Gasteiger partial charge in [0.15, 0.2) is 0 Å². The number of carboxylic acid groups (broad SMARTS) is 2. The van der Waals surface area contributed by atoms with E-state index in [0.717, 1.165) is 13.0 Å². The molecule has 0 bridgehead atoms. The molecule has 32 heavy (non-hydrogen) atoms. The van der Waals surface area contributed by atoms with Crippen molar-refractivity contribution in [2.45, 2.75) is 20.3 Å². The number of amides is 4. The van der Waals surface area contributed by atoms with Crippen molar-refractivity contribution < 1.29 is 54.3 Å². The fourth-order valence-corrected chi connectivity index (χ4v) is 1.20. The second-order valence-electron chi connectivity index (χ2n) is 5.76. The van der Waals surface area contributed by atoms with Gasteiger partial charge in [-0.3, -0.25) is 34.6 Å². The van der Waals surface area contributed by atoms with Gasteiger partial charge in [-0.25, -0.2) is 4.79 Å². The third-order valence-corrected chi connectivity index (χ3v) is 3.20. The normalized spacial score (nSPS) is 12.9. The molecule has 2 aliphatic rings. The van der Waals surface area contributed by atoms with Crippen LogP contribution in [0.2, 0.25) is 0 Å². The maximum atomic E-state index is 10.0. The largest absolute Gasteiger partial charge is 0.481 e. The number of aliphatic hydroxyl groups excluding tert-OH is 3. The van der Waals surface area contributed by atoms with E-state index in [4.69, 9.17) is 30.3 Å². The van der Waals surface area contributed by atoms with Crippen molar-refractivity contribution >= 4 is 35.6 Å². The Bertz CT molecular complexity index is 633. The van der Waals surface area contributed by atoms with Gasteiger partial charge in [0.1, 0.15) is 0 Å². The Morgan fingerprint density at radius 3 is 1.09 bits per heavy atom. The molecule has 13 nitrogen and oxygen atoms in total. The van der Waals surface area contributed by atoms with Gasteiger partial charge in [0.05, 0.1) is 19.8 Å². The summed E-state index contributed by atoms with van der Waals surface area (Å²) in [5.74, 6) is -3.13. The minimum Gasteiger partial charge on any atom is -0.481 e. The van der Waals surface area contributed by atoms with Crippen LogP contribution in [0.25, 0.3) is 0 Å². The number of aliphatic carboxylic acids is 2. The van der Waals surface area contributed by atoms with Crippen molar-refractivity contribution in [3.05, 3.63) is 37.0 Å². The topological polar surface area (TPSA) is 228 Å². The molecule has 2 rings (SSSR count). The highest BCUT2D eigenvalue weighted by atomic mass is 16.4. The molecule has 0 aromatic carbocycles. The summed E-state index contributed by atoms with van der Waals surface area (Å²) in [5, 5.41) is 45.0. The first-order chi connectivity index (χ1) is 14.8. The van der Waals surface area contributed by atoms with E-state index < -0.39 is 17.4 Å². The third kappa shape index (κ3) is 21.0. The molecule has 0 atom stereocenters. The van der Waals surface area contributed by atoms with E-state index in [1.807, 2.05) is 17.6 Å². The predicted molar refractivity (Wildman–Crippen MR) is 110 cm³/mol. The van der Waals surface area contributed by atoms with Crippen LogP contribution in [-0.2, 0) is 28.8 Å². The molecule has 4 amide bonds. The summed E-state index contributed by atoms with van der Waals surface area (Å²) in [6, 6.07) is 0. The third-order valence-electron chi connectivity index (χ3n) is 3.20. The van der Waals surface area contributed by atoms with Crippen LogP contribution in [0, 0.1) is 5.41 Å². The molecular weight excluding hydrogens is 432 g/mol. The summed E-state index contributed by atoms with van der Waals surface area (Å²) >= 11 is 0. The van der Waals surface area contributed by atoms with Crippen LogP contribution in [0.4, 0.5) is 0 Å². The Kier molecular flexibility index (Phi) is 19.9. The molecule has 13 heteroatoms. The minimum absolute atomic E-state index is 0.156. The highest BCUT2D eigenvalue weighted by Gasteiger charge is 2.24. The van der Waals surface area contributed by atoms with Gasteiger partial charge in [0.25, 0.3) is 29.6 Å². The summed E-state index contributed by atoms with van der Waals surface area (Å²) in [6.07, 6.45) is 6.21. The lowest BCUT2D eigenvalue weighted by Gasteiger charge is -2.24. The van der Waals surface area contributed by atoms with Crippen molar-refractivity contribution in [3.63, 3.8) is 0 Å². The fraction of sp³-hybridized carbons (Fsp3) is 0.368. The van der Waals surface area contributed by atoms with Crippen LogP contribution < -0.4 is 10.6 Å². The Balaban J connectivity index is -0.000000337. The first-order valence-electron chi connectivity index (χ1n) is 8.76. The first kappa shape index (κ1) is 33.0. The zero-order valence-electron chi connectivity index (χ0n) is 17.6.